The van der Waals surface area contributed by atoms with Gasteiger partial charge in [-0.3, -0.25) is 14.6 Å². The second kappa shape index (κ2) is 5.12. The number of aromatic nitrogens is 2. The van der Waals surface area contributed by atoms with Gasteiger partial charge in [0.05, 0.1) is 17.8 Å². The largest absolute Gasteiger partial charge is 0.481 e. The number of rotatable bonds is 2. The number of aliphatic carboxylic acids is 1. The van der Waals surface area contributed by atoms with Crippen molar-refractivity contribution in [3.8, 4) is 0 Å². The molecule has 2 heterocycles. The van der Waals surface area contributed by atoms with E-state index in [0.717, 1.165) is 5.69 Å². The van der Waals surface area contributed by atoms with Crippen LogP contribution in [-0.2, 0) is 4.79 Å². The van der Waals surface area contributed by atoms with Crippen molar-refractivity contribution in [2.45, 2.75) is 19.8 Å². The monoisotopic (exact) mass is 249 g/mol. The smallest absolute Gasteiger partial charge is 0.308 e. The van der Waals surface area contributed by atoms with Crippen molar-refractivity contribution < 1.29 is 14.7 Å². The summed E-state index contributed by atoms with van der Waals surface area (Å²) in [5, 5.41) is 8.98. The van der Waals surface area contributed by atoms with E-state index < -0.39 is 11.9 Å². The number of hydrogen-bond acceptors (Lipinski definition) is 4. The van der Waals surface area contributed by atoms with Gasteiger partial charge < -0.3 is 10.0 Å². The molecule has 0 bridgehead atoms. The highest BCUT2D eigenvalue weighted by Crippen LogP contribution is 2.18. The van der Waals surface area contributed by atoms with Crippen LogP contribution in [0.2, 0.25) is 0 Å². The molecule has 6 heteroatoms. The number of carbonyl (C=O) groups excluding carboxylic acids is 1. The first-order valence-corrected chi connectivity index (χ1v) is 5.88. The van der Waals surface area contributed by atoms with E-state index in [1.54, 1.807) is 11.8 Å². The third-order valence-electron chi connectivity index (χ3n) is 3.06. The first kappa shape index (κ1) is 12.5. The maximum atomic E-state index is 12.1. The molecule has 1 aliphatic rings. The molecule has 1 N–H and O–H groups in total. The van der Waals surface area contributed by atoms with Crippen molar-refractivity contribution in [2.24, 2.45) is 5.92 Å². The zero-order chi connectivity index (χ0) is 13.1. The Morgan fingerprint density at radius 1 is 1.39 bits per heavy atom. The van der Waals surface area contributed by atoms with Gasteiger partial charge in [0, 0.05) is 19.3 Å². The fourth-order valence-corrected chi connectivity index (χ4v) is 2.03. The summed E-state index contributed by atoms with van der Waals surface area (Å²) in [5.74, 6) is -1.56. The van der Waals surface area contributed by atoms with Gasteiger partial charge in [-0.25, -0.2) is 4.98 Å². The van der Waals surface area contributed by atoms with Gasteiger partial charge in [0.2, 0.25) is 0 Å². The molecule has 6 nitrogen and oxygen atoms in total. The van der Waals surface area contributed by atoms with Crippen molar-refractivity contribution in [1.29, 1.82) is 0 Å². The molecular formula is C12H15N3O3. The van der Waals surface area contributed by atoms with Crippen LogP contribution in [0.1, 0.15) is 29.0 Å². The van der Waals surface area contributed by atoms with E-state index in [-0.39, 0.29) is 18.1 Å². The summed E-state index contributed by atoms with van der Waals surface area (Å²) < 4.78 is 0. The van der Waals surface area contributed by atoms with E-state index in [9.17, 15) is 9.59 Å². The molecule has 96 valence electrons. The van der Waals surface area contributed by atoms with Gasteiger partial charge in [-0.1, -0.05) is 0 Å². The predicted octanol–water partition coefficient (Wildman–Crippen LogP) is 0.722. The quantitative estimate of drug-likeness (QED) is 0.835. The second-order valence-electron chi connectivity index (χ2n) is 4.47. The number of aryl methyl sites for hydroxylation is 1. The Morgan fingerprint density at radius 3 is 2.78 bits per heavy atom. The second-order valence-corrected chi connectivity index (χ2v) is 4.47. The minimum absolute atomic E-state index is 0.242. The summed E-state index contributed by atoms with van der Waals surface area (Å²) in [4.78, 5) is 32.6. The van der Waals surface area contributed by atoms with Crippen LogP contribution in [0.25, 0.3) is 0 Å². The first-order chi connectivity index (χ1) is 8.58. The number of piperidine rings is 1. The molecular weight excluding hydrogens is 234 g/mol. The lowest BCUT2D eigenvalue weighted by molar-refractivity contribution is -0.143. The van der Waals surface area contributed by atoms with Crippen LogP contribution in [0, 0.1) is 12.8 Å². The SMILES string of the molecule is Cc1cnc(C(=O)N2CCC[C@@H](C(=O)O)C2)cn1. The summed E-state index contributed by atoms with van der Waals surface area (Å²) in [5.41, 5.74) is 1.01. The maximum absolute atomic E-state index is 12.1. The summed E-state index contributed by atoms with van der Waals surface area (Å²) in [7, 11) is 0. The van der Waals surface area contributed by atoms with Gasteiger partial charge in [-0.2, -0.15) is 0 Å². The van der Waals surface area contributed by atoms with Crippen molar-refractivity contribution >= 4 is 11.9 Å². The zero-order valence-electron chi connectivity index (χ0n) is 10.2. The summed E-state index contributed by atoms with van der Waals surface area (Å²) in [6.45, 7) is 2.63. The van der Waals surface area contributed by atoms with Crippen molar-refractivity contribution in [3.05, 3.63) is 23.8 Å². The normalized spacial score (nSPS) is 19.6. The minimum Gasteiger partial charge on any atom is -0.481 e. The molecule has 1 aromatic heterocycles. The molecule has 0 unspecified atom stereocenters. The Hall–Kier alpha value is -1.98. The topological polar surface area (TPSA) is 83.4 Å². The van der Waals surface area contributed by atoms with Crippen molar-refractivity contribution in [3.63, 3.8) is 0 Å². The fraction of sp³-hybridized carbons (Fsp3) is 0.500. The Kier molecular flexibility index (Phi) is 3.55. The Morgan fingerprint density at radius 2 is 2.17 bits per heavy atom. The molecule has 1 amide bonds. The van der Waals surface area contributed by atoms with Gasteiger partial charge in [0.1, 0.15) is 5.69 Å². The highest BCUT2D eigenvalue weighted by Gasteiger charge is 2.29. The van der Waals surface area contributed by atoms with E-state index in [4.69, 9.17) is 5.11 Å². The fourth-order valence-electron chi connectivity index (χ4n) is 2.03. The molecule has 0 saturated carbocycles. The summed E-state index contributed by atoms with van der Waals surface area (Å²) >= 11 is 0. The number of carbonyl (C=O) groups is 2. The van der Waals surface area contributed by atoms with Gasteiger partial charge in [-0.05, 0) is 19.8 Å². The van der Waals surface area contributed by atoms with Crippen LogP contribution in [0.4, 0.5) is 0 Å². The molecule has 1 atom stereocenters. The van der Waals surface area contributed by atoms with Gasteiger partial charge in [-0.15, -0.1) is 0 Å². The van der Waals surface area contributed by atoms with Crippen LogP contribution in [0.3, 0.4) is 0 Å². The van der Waals surface area contributed by atoms with Crippen LogP contribution in [0.15, 0.2) is 12.4 Å². The maximum Gasteiger partial charge on any atom is 0.308 e. The van der Waals surface area contributed by atoms with Crippen LogP contribution >= 0.6 is 0 Å². The molecule has 1 fully saturated rings. The number of nitrogens with zero attached hydrogens (tertiary/aromatic N) is 3. The minimum atomic E-state index is -0.845. The number of hydrogen-bond donors (Lipinski definition) is 1. The average molecular weight is 249 g/mol. The first-order valence-electron chi connectivity index (χ1n) is 5.88. The highest BCUT2D eigenvalue weighted by atomic mass is 16.4. The third-order valence-corrected chi connectivity index (χ3v) is 3.06. The molecule has 1 aliphatic heterocycles. The Balaban J connectivity index is 2.09. The third kappa shape index (κ3) is 2.64. The number of amides is 1. The lowest BCUT2D eigenvalue weighted by Gasteiger charge is -2.30. The van der Waals surface area contributed by atoms with Crippen LogP contribution < -0.4 is 0 Å². The number of carboxylic acid groups (broad SMARTS) is 1. The van der Waals surface area contributed by atoms with Gasteiger partial charge in [0.25, 0.3) is 5.91 Å². The molecule has 18 heavy (non-hydrogen) atoms. The van der Waals surface area contributed by atoms with E-state index in [0.29, 0.717) is 19.4 Å². The Bertz CT molecular complexity index is 458. The molecule has 0 spiro atoms. The Labute approximate surface area is 105 Å². The predicted molar refractivity (Wildman–Crippen MR) is 63.0 cm³/mol. The standard InChI is InChI=1S/C12H15N3O3/c1-8-5-14-10(6-13-8)11(16)15-4-2-3-9(7-15)12(17)18/h5-6,9H,2-4,7H2,1H3,(H,17,18)/t9-/m1/s1. The van der Waals surface area contributed by atoms with Crippen LogP contribution in [-0.4, -0.2) is 44.9 Å². The highest BCUT2D eigenvalue weighted by molar-refractivity contribution is 5.92. The number of likely N-dealkylation sites (tertiary alicyclic amines) is 1. The molecule has 1 saturated heterocycles. The average Bonchev–Trinajstić information content (AvgIpc) is 2.39. The van der Waals surface area contributed by atoms with Gasteiger partial charge in [0.15, 0.2) is 0 Å². The van der Waals surface area contributed by atoms with E-state index in [1.165, 1.54) is 12.4 Å². The van der Waals surface area contributed by atoms with E-state index in [1.807, 2.05) is 0 Å². The summed E-state index contributed by atoms with van der Waals surface area (Å²) in [6.07, 6.45) is 4.30. The lowest BCUT2D eigenvalue weighted by atomic mass is 9.98. The zero-order valence-corrected chi connectivity index (χ0v) is 10.2. The van der Waals surface area contributed by atoms with E-state index in [2.05, 4.69) is 9.97 Å². The summed E-state index contributed by atoms with van der Waals surface area (Å²) in [6, 6.07) is 0. The lowest BCUT2D eigenvalue weighted by Crippen LogP contribution is -2.42. The molecule has 0 radical (unpaired) electrons. The molecule has 1 aromatic rings. The molecule has 0 aromatic carbocycles. The van der Waals surface area contributed by atoms with Crippen LogP contribution in [0.5, 0.6) is 0 Å². The van der Waals surface area contributed by atoms with Crippen molar-refractivity contribution in [2.75, 3.05) is 13.1 Å². The van der Waals surface area contributed by atoms with E-state index >= 15 is 0 Å². The van der Waals surface area contributed by atoms with Crippen molar-refractivity contribution in [1.82, 2.24) is 14.9 Å². The molecule has 2 rings (SSSR count). The van der Waals surface area contributed by atoms with Gasteiger partial charge >= 0.3 is 5.97 Å². The number of carboxylic acids is 1. The molecule has 0 aliphatic carbocycles.